The molecule has 0 atom stereocenters. The predicted molar refractivity (Wildman–Crippen MR) is 93.3 cm³/mol. The third-order valence-electron chi connectivity index (χ3n) is 4.37. The van der Waals surface area contributed by atoms with Gasteiger partial charge in [-0.2, -0.15) is 5.10 Å². The van der Waals surface area contributed by atoms with Crippen molar-refractivity contribution in [2.75, 3.05) is 7.11 Å². The first-order valence-electron chi connectivity index (χ1n) is 7.94. The quantitative estimate of drug-likeness (QED) is 0.579. The second-order valence-electron chi connectivity index (χ2n) is 5.94. The summed E-state index contributed by atoms with van der Waals surface area (Å²) < 4.78 is 9.57. The summed E-state index contributed by atoms with van der Waals surface area (Å²) in [5.74, 6) is 0.856. The molecule has 0 spiro atoms. The Bertz CT molecular complexity index is 1020. The van der Waals surface area contributed by atoms with Crippen LogP contribution in [0, 0.1) is 13.8 Å². The average Bonchev–Trinajstić information content (AvgIpc) is 3.18. The molecule has 6 nitrogen and oxygen atoms in total. The van der Waals surface area contributed by atoms with Crippen molar-refractivity contribution >= 4 is 21.8 Å². The van der Waals surface area contributed by atoms with E-state index in [-0.39, 0.29) is 0 Å². The number of nitrogens with zero attached hydrogens (tertiary/aromatic N) is 5. The van der Waals surface area contributed by atoms with Crippen LogP contribution in [0.3, 0.4) is 0 Å². The second kappa shape index (κ2) is 5.63. The molecule has 0 bridgehead atoms. The molecule has 3 heterocycles. The fourth-order valence-corrected chi connectivity index (χ4v) is 3.36. The van der Waals surface area contributed by atoms with Gasteiger partial charge in [-0.3, -0.25) is 9.67 Å². The van der Waals surface area contributed by atoms with E-state index in [0.717, 1.165) is 35.7 Å². The lowest BCUT2D eigenvalue weighted by molar-refractivity contribution is 0.415. The van der Waals surface area contributed by atoms with Gasteiger partial charge in [-0.1, -0.05) is 0 Å². The summed E-state index contributed by atoms with van der Waals surface area (Å²) in [7, 11) is 1.69. The van der Waals surface area contributed by atoms with Gasteiger partial charge in [0.1, 0.15) is 18.4 Å². The molecular formula is C18H19N5O. The monoisotopic (exact) mass is 321 g/mol. The Hall–Kier alpha value is -2.89. The molecule has 24 heavy (non-hydrogen) atoms. The zero-order chi connectivity index (χ0) is 16.7. The average molecular weight is 321 g/mol. The molecule has 0 saturated carbocycles. The molecule has 0 unspecified atom stereocenters. The van der Waals surface area contributed by atoms with Gasteiger partial charge in [0.2, 0.25) is 0 Å². The van der Waals surface area contributed by atoms with Crippen molar-refractivity contribution in [1.29, 1.82) is 0 Å². The predicted octanol–water partition coefficient (Wildman–Crippen LogP) is 3.11. The number of hydrogen-bond acceptors (Lipinski definition) is 4. The normalized spacial score (nSPS) is 11.5. The van der Waals surface area contributed by atoms with E-state index in [1.165, 1.54) is 16.3 Å². The van der Waals surface area contributed by atoms with Crippen LogP contribution in [0.5, 0.6) is 5.75 Å². The van der Waals surface area contributed by atoms with E-state index in [0.29, 0.717) is 0 Å². The third-order valence-corrected chi connectivity index (χ3v) is 4.37. The number of benzene rings is 1. The van der Waals surface area contributed by atoms with Gasteiger partial charge in [0.05, 0.1) is 30.4 Å². The van der Waals surface area contributed by atoms with Crippen molar-refractivity contribution in [3.05, 3.63) is 48.3 Å². The minimum Gasteiger partial charge on any atom is -0.497 e. The fraction of sp³-hybridized carbons (Fsp3) is 0.278. The lowest BCUT2D eigenvalue weighted by Gasteiger charge is -2.09. The van der Waals surface area contributed by atoms with Gasteiger partial charge in [0.15, 0.2) is 0 Å². The topological polar surface area (TPSA) is 57.8 Å². The van der Waals surface area contributed by atoms with Gasteiger partial charge in [-0.25, -0.2) is 4.98 Å². The maximum absolute atomic E-state index is 5.42. The summed E-state index contributed by atoms with van der Waals surface area (Å²) in [6, 6.07) is 8.38. The molecule has 0 saturated heterocycles. The summed E-state index contributed by atoms with van der Waals surface area (Å²) in [5.41, 5.74) is 4.40. The van der Waals surface area contributed by atoms with Crippen LogP contribution in [-0.2, 0) is 13.1 Å². The first-order valence-corrected chi connectivity index (χ1v) is 7.94. The van der Waals surface area contributed by atoms with Crippen molar-refractivity contribution in [2.45, 2.75) is 26.9 Å². The second-order valence-corrected chi connectivity index (χ2v) is 5.94. The third kappa shape index (κ3) is 2.31. The number of aryl methyl sites for hydroxylation is 4. The van der Waals surface area contributed by atoms with Crippen molar-refractivity contribution < 1.29 is 4.74 Å². The van der Waals surface area contributed by atoms with Crippen LogP contribution in [-0.4, -0.2) is 31.4 Å². The van der Waals surface area contributed by atoms with E-state index < -0.39 is 0 Å². The lowest BCUT2D eigenvalue weighted by Crippen LogP contribution is -2.08. The number of rotatable bonds is 4. The zero-order valence-electron chi connectivity index (χ0n) is 14.0. The zero-order valence-corrected chi connectivity index (χ0v) is 14.0. The lowest BCUT2D eigenvalue weighted by atomic mass is 10.1. The van der Waals surface area contributed by atoms with Crippen LogP contribution >= 0.6 is 0 Å². The number of aromatic nitrogens is 5. The van der Waals surface area contributed by atoms with E-state index in [1.54, 1.807) is 19.8 Å². The van der Waals surface area contributed by atoms with Crippen molar-refractivity contribution in [3.8, 4) is 5.75 Å². The van der Waals surface area contributed by atoms with Gasteiger partial charge in [0, 0.05) is 29.1 Å². The largest absolute Gasteiger partial charge is 0.497 e. The van der Waals surface area contributed by atoms with Crippen LogP contribution in [0.4, 0.5) is 0 Å². The summed E-state index contributed by atoms with van der Waals surface area (Å²) >= 11 is 0. The molecule has 0 aliphatic carbocycles. The summed E-state index contributed by atoms with van der Waals surface area (Å²) in [5, 5.41) is 6.65. The highest BCUT2D eigenvalue weighted by Gasteiger charge is 2.15. The van der Waals surface area contributed by atoms with E-state index >= 15 is 0 Å². The number of ether oxygens (including phenoxy) is 1. The van der Waals surface area contributed by atoms with E-state index in [1.807, 2.05) is 17.7 Å². The summed E-state index contributed by atoms with van der Waals surface area (Å²) in [6.45, 7) is 5.65. The molecule has 4 rings (SSSR count). The molecule has 0 radical (unpaired) electrons. The van der Waals surface area contributed by atoms with E-state index in [4.69, 9.17) is 4.74 Å². The molecule has 3 aromatic heterocycles. The highest BCUT2D eigenvalue weighted by molar-refractivity contribution is 6.09. The molecular weight excluding hydrogens is 302 g/mol. The molecule has 1 aromatic carbocycles. The number of methoxy groups -OCH3 is 1. The van der Waals surface area contributed by atoms with Crippen LogP contribution in [0.1, 0.15) is 11.4 Å². The molecule has 6 heteroatoms. The Balaban J connectivity index is 1.95. The highest BCUT2D eigenvalue weighted by atomic mass is 16.5. The van der Waals surface area contributed by atoms with Crippen LogP contribution in [0.15, 0.2) is 36.9 Å². The maximum Gasteiger partial charge on any atom is 0.137 e. The SMILES string of the molecule is COc1ccc2c3cc(C)nc(C)c3n(CCn3cncn3)c2c1. The van der Waals surface area contributed by atoms with Gasteiger partial charge in [-0.05, 0) is 32.0 Å². The van der Waals surface area contributed by atoms with Gasteiger partial charge in [-0.15, -0.1) is 0 Å². The number of fused-ring (bicyclic) bond motifs is 3. The van der Waals surface area contributed by atoms with Gasteiger partial charge >= 0.3 is 0 Å². The Labute approximate surface area is 139 Å². The fourth-order valence-electron chi connectivity index (χ4n) is 3.36. The maximum atomic E-state index is 5.42. The van der Waals surface area contributed by atoms with Gasteiger partial charge in [0.25, 0.3) is 0 Å². The molecule has 0 aliphatic heterocycles. The van der Waals surface area contributed by atoms with E-state index in [9.17, 15) is 0 Å². The van der Waals surface area contributed by atoms with Crippen molar-refractivity contribution in [1.82, 2.24) is 24.3 Å². The Morgan fingerprint density at radius 1 is 1.08 bits per heavy atom. The molecule has 0 fully saturated rings. The summed E-state index contributed by atoms with van der Waals surface area (Å²) in [6.07, 6.45) is 3.30. The number of hydrogen-bond donors (Lipinski definition) is 0. The van der Waals surface area contributed by atoms with Crippen molar-refractivity contribution in [2.24, 2.45) is 0 Å². The standard InChI is InChI=1S/C18H19N5O/c1-12-8-16-15-5-4-14(24-3)9-17(15)23(18(16)13(2)21-12)7-6-22-11-19-10-20-22/h4-5,8-11H,6-7H2,1-3H3. The summed E-state index contributed by atoms with van der Waals surface area (Å²) in [4.78, 5) is 8.67. The molecule has 0 aliphatic rings. The Morgan fingerprint density at radius 3 is 2.71 bits per heavy atom. The molecule has 0 amide bonds. The van der Waals surface area contributed by atoms with Crippen LogP contribution in [0.25, 0.3) is 21.8 Å². The number of pyridine rings is 1. The minimum absolute atomic E-state index is 0.753. The smallest absolute Gasteiger partial charge is 0.137 e. The molecule has 4 aromatic rings. The van der Waals surface area contributed by atoms with Crippen LogP contribution < -0.4 is 4.74 Å². The highest BCUT2D eigenvalue weighted by Crippen LogP contribution is 2.33. The first kappa shape index (κ1) is 14.7. The first-order chi connectivity index (χ1) is 11.7. The Morgan fingerprint density at radius 2 is 1.96 bits per heavy atom. The Kier molecular flexibility index (Phi) is 3.45. The minimum atomic E-state index is 0.753. The van der Waals surface area contributed by atoms with Crippen LogP contribution in [0.2, 0.25) is 0 Å². The molecule has 0 N–H and O–H groups in total. The van der Waals surface area contributed by atoms with Gasteiger partial charge < -0.3 is 9.30 Å². The van der Waals surface area contributed by atoms with E-state index in [2.05, 4.69) is 44.8 Å². The molecule has 122 valence electrons. The van der Waals surface area contributed by atoms with Crippen molar-refractivity contribution in [3.63, 3.8) is 0 Å².